The summed E-state index contributed by atoms with van der Waals surface area (Å²) < 4.78 is 33.0. The van der Waals surface area contributed by atoms with E-state index in [2.05, 4.69) is 4.74 Å². The molecule has 0 saturated heterocycles. The molecule has 0 aliphatic rings. The van der Waals surface area contributed by atoms with E-state index in [1.165, 1.54) is 0 Å². The third kappa shape index (κ3) is 9.83. The van der Waals surface area contributed by atoms with Crippen LogP contribution in [0.5, 0.6) is 0 Å². The molecule has 0 aliphatic heterocycles. The summed E-state index contributed by atoms with van der Waals surface area (Å²) in [5.41, 5.74) is 0. The molecule has 0 unspecified atom stereocenters. The summed E-state index contributed by atoms with van der Waals surface area (Å²) >= 11 is 0. The van der Waals surface area contributed by atoms with Crippen LogP contribution in [0, 0.1) is 0 Å². The van der Waals surface area contributed by atoms with Crippen LogP contribution < -0.4 is 0 Å². The topological polar surface area (TPSA) is 83.8 Å². The molecule has 0 amide bonds. The SMILES string of the molecule is O=S(=O)(O)CCCCOCO. The van der Waals surface area contributed by atoms with E-state index in [-0.39, 0.29) is 12.5 Å². The van der Waals surface area contributed by atoms with E-state index in [4.69, 9.17) is 9.66 Å². The highest BCUT2D eigenvalue weighted by molar-refractivity contribution is 7.85. The normalized spacial score (nSPS) is 11.8. The second-order valence-electron chi connectivity index (χ2n) is 2.03. The number of unbranched alkanes of at least 4 members (excludes halogenated alkanes) is 1. The summed E-state index contributed by atoms with van der Waals surface area (Å²) in [5, 5.41) is 8.14. The molecule has 0 spiro atoms. The lowest BCUT2D eigenvalue weighted by Crippen LogP contribution is -2.05. The van der Waals surface area contributed by atoms with Crippen LogP contribution in [-0.4, -0.2) is 37.2 Å². The minimum atomic E-state index is -3.83. The zero-order valence-corrected chi connectivity index (χ0v) is 6.88. The molecular formula is C5H12O5S. The number of hydrogen-bond donors (Lipinski definition) is 2. The molecule has 0 fully saturated rings. The molecule has 0 aromatic carbocycles. The van der Waals surface area contributed by atoms with Gasteiger partial charge < -0.3 is 9.84 Å². The van der Waals surface area contributed by atoms with E-state index >= 15 is 0 Å². The van der Waals surface area contributed by atoms with Gasteiger partial charge >= 0.3 is 0 Å². The maximum absolute atomic E-state index is 10.1. The fourth-order valence-corrected chi connectivity index (χ4v) is 1.12. The number of ether oxygens (including phenoxy) is 1. The van der Waals surface area contributed by atoms with E-state index in [0.717, 1.165) is 0 Å². The van der Waals surface area contributed by atoms with Gasteiger partial charge in [0.15, 0.2) is 0 Å². The van der Waals surface area contributed by atoms with Crippen molar-refractivity contribution in [3.8, 4) is 0 Å². The molecule has 0 radical (unpaired) electrons. The highest BCUT2D eigenvalue weighted by Gasteiger charge is 2.02. The predicted molar refractivity (Wildman–Crippen MR) is 38.7 cm³/mol. The molecule has 0 aromatic heterocycles. The smallest absolute Gasteiger partial charge is 0.264 e. The van der Waals surface area contributed by atoms with Crippen LogP contribution in [0.15, 0.2) is 0 Å². The van der Waals surface area contributed by atoms with Crippen molar-refractivity contribution in [3.63, 3.8) is 0 Å². The zero-order chi connectivity index (χ0) is 8.74. The standard InChI is InChI=1S/C5H12O5S/c6-5-10-3-1-2-4-11(7,8)9/h6H,1-5H2,(H,7,8,9). The molecule has 6 heteroatoms. The largest absolute Gasteiger partial charge is 0.371 e. The van der Waals surface area contributed by atoms with Gasteiger partial charge in [-0.05, 0) is 12.8 Å². The third-order valence-electron chi connectivity index (χ3n) is 1.03. The van der Waals surface area contributed by atoms with Crippen LogP contribution in [0.2, 0.25) is 0 Å². The second kappa shape index (κ2) is 5.48. The van der Waals surface area contributed by atoms with Gasteiger partial charge in [0.05, 0.1) is 5.75 Å². The molecule has 11 heavy (non-hydrogen) atoms. The molecule has 68 valence electrons. The van der Waals surface area contributed by atoms with Gasteiger partial charge in [0, 0.05) is 6.61 Å². The van der Waals surface area contributed by atoms with Crippen molar-refractivity contribution < 1.29 is 22.8 Å². The number of aliphatic hydroxyl groups excluding tert-OH is 1. The Kier molecular flexibility index (Phi) is 5.39. The molecule has 0 heterocycles. The minimum Gasteiger partial charge on any atom is -0.371 e. The van der Waals surface area contributed by atoms with Gasteiger partial charge in [-0.2, -0.15) is 8.42 Å². The second-order valence-corrected chi connectivity index (χ2v) is 3.60. The zero-order valence-electron chi connectivity index (χ0n) is 6.06. The first-order valence-electron chi connectivity index (χ1n) is 3.20. The molecule has 0 saturated carbocycles. The summed E-state index contributed by atoms with van der Waals surface area (Å²) in [6.45, 7) is -0.0438. The maximum Gasteiger partial charge on any atom is 0.264 e. The van der Waals surface area contributed by atoms with Crippen molar-refractivity contribution in [3.05, 3.63) is 0 Å². The highest BCUT2D eigenvalue weighted by Crippen LogP contribution is 1.93. The van der Waals surface area contributed by atoms with Gasteiger partial charge in [-0.3, -0.25) is 4.55 Å². The fourth-order valence-electron chi connectivity index (χ4n) is 0.553. The van der Waals surface area contributed by atoms with Crippen LogP contribution in [0.3, 0.4) is 0 Å². The lowest BCUT2D eigenvalue weighted by atomic mass is 10.4. The molecular weight excluding hydrogens is 172 g/mol. The molecule has 2 N–H and O–H groups in total. The number of hydrogen-bond acceptors (Lipinski definition) is 4. The first-order chi connectivity index (χ1) is 5.06. The van der Waals surface area contributed by atoms with Crippen molar-refractivity contribution in [1.29, 1.82) is 0 Å². The molecule has 0 aromatic rings. The number of rotatable bonds is 6. The van der Waals surface area contributed by atoms with Crippen molar-refractivity contribution in [2.24, 2.45) is 0 Å². The van der Waals surface area contributed by atoms with Crippen molar-refractivity contribution >= 4 is 10.1 Å². The average molecular weight is 184 g/mol. The van der Waals surface area contributed by atoms with E-state index in [1.54, 1.807) is 0 Å². The predicted octanol–water partition coefficient (Wildman–Crippen LogP) is -0.379. The third-order valence-corrected chi connectivity index (χ3v) is 1.84. The van der Waals surface area contributed by atoms with Gasteiger partial charge in [-0.25, -0.2) is 0 Å². The summed E-state index contributed by atoms with van der Waals surface area (Å²) in [6, 6.07) is 0. The number of aliphatic hydroxyl groups is 1. The Labute approximate surface area is 65.7 Å². The average Bonchev–Trinajstić information content (AvgIpc) is 1.85. The van der Waals surface area contributed by atoms with E-state index in [1.807, 2.05) is 0 Å². The van der Waals surface area contributed by atoms with E-state index in [9.17, 15) is 8.42 Å². The fraction of sp³-hybridized carbons (Fsp3) is 1.00. The quantitative estimate of drug-likeness (QED) is 0.334. The lowest BCUT2D eigenvalue weighted by molar-refractivity contribution is -0.00230. The molecule has 0 rings (SSSR count). The summed E-state index contributed by atoms with van der Waals surface area (Å²) in [6.07, 6.45) is 0.860. The summed E-state index contributed by atoms with van der Waals surface area (Å²) in [5.74, 6) is -0.248. The Bertz CT molecular complexity index is 173. The monoisotopic (exact) mass is 184 g/mol. The van der Waals surface area contributed by atoms with Crippen molar-refractivity contribution in [1.82, 2.24) is 0 Å². The van der Waals surface area contributed by atoms with Gasteiger partial charge in [-0.15, -0.1) is 0 Å². The Morgan fingerprint density at radius 3 is 2.36 bits per heavy atom. The Morgan fingerprint density at radius 1 is 1.27 bits per heavy atom. The Morgan fingerprint density at radius 2 is 1.91 bits per heavy atom. The Hall–Kier alpha value is -0.170. The molecule has 5 nitrogen and oxygen atoms in total. The van der Waals surface area contributed by atoms with Crippen LogP contribution in [0.4, 0.5) is 0 Å². The first kappa shape index (κ1) is 10.8. The highest BCUT2D eigenvalue weighted by atomic mass is 32.2. The van der Waals surface area contributed by atoms with Crippen molar-refractivity contribution in [2.45, 2.75) is 12.8 Å². The molecule has 0 atom stereocenters. The molecule has 0 aliphatic carbocycles. The summed E-state index contributed by atoms with van der Waals surface area (Å²) in [4.78, 5) is 0. The minimum absolute atomic E-state index is 0.248. The van der Waals surface area contributed by atoms with Crippen LogP contribution in [0.25, 0.3) is 0 Å². The summed E-state index contributed by atoms with van der Waals surface area (Å²) in [7, 11) is -3.83. The van der Waals surface area contributed by atoms with Gasteiger partial charge in [0.2, 0.25) is 0 Å². The van der Waals surface area contributed by atoms with Crippen LogP contribution in [0.1, 0.15) is 12.8 Å². The first-order valence-corrected chi connectivity index (χ1v) is 4.81. The van der Waals surface area contributed by atoms with Gasteiger partial charge in [0.25, 0.3) is 10.1 Å². The maximum atomic E-state index is 10.1. The lowest BCUT2D eigenvalue weighted by Gasteiger charge is -1.98. The van der Waals surface area contributed by atoms with E-state index in [0.29, 0.717) is 19.4 Å². The Balaban J connectivity index is 3.16. The van der Waals surface area contributed by atoms with Gasteiger partial charge in [-0.1, -0.05) is 0 Å². The molecule has 0 bridgehead atoms. The van der Waals surface area contributed by atoms with Gasteiger partial charge in [0.1, 0.15) is 6.79 Å². The van der Waals surface area contributed by atoms with Crippen LogP contribution >= 0.6 is 0 Å². The van der Waals surface area contributed by atoms with Crippen LogP contribution in [-0.2, 0) is 14.9 Å². The van der Waals surface area contributed by atoms with E-state index < -0.39 is 10.1 Å². The van der Waals surface area contributed by atoms with Crippen molar-refractivity contribution in [2.75, 3.05) is 19.2 Å².